The second-order valence-corrected chi connectivity index (χ2v) is 13.3. The largest absolute Gasteiger partial charge is 0.339 e. The van der Waals surface area contributed by atoms with E-state index in [0.29, 0.717) is 40.8 Å². The number of halogens is 3. The summed E-state index contributed by atoms with van der Waals surface area (Å²) in [6.07, 6.45) is 10.4. The van der Waals surface area contributed by atoms with Crippen LogP contribution in [0.25, 0.3) is 11.4 Å². The number of imidazole rings is 2. The summed E-state index contributed by atoms with van der Waals surface area (Å²) in [5, 5.41) is 34.0. The van der Waals surface area contributed by atoms with Crippen LogP contribution in [0.15, 0.2) is 116 Å². The second kappa shape index (κ2) is 16.8. The molecule has 0 aliphatic carbocycles. The minimum Gasteiger partial charge on any atom is -0.339 e. The molecule has 0 fully saturated rings. The Balaban J connectivity index is 0.000000177. The van der Waals surface area contributed by atoms with Crippen molar-refractivity contribution in [1.29, 1.82) is 10.5 Å². The number of rotatable bonds is 10. The average molecular weight is 778 g/mol. The zero-order valence-corrected chi connectivity index (χ0v) is 31.4. The zero-order chi connectivity index (χ0) is 40.8. The minimum atomic E-state index is -1.50. The fraction of sp³-hybridized carbons (Fsp3) is 0.119. The summed E-state index contributed by atoms with van der Waals surface area (Å²) in [6, 6.07) is 27.1. The lowest BCUT2D eigenvalue weighted by molar-refractivity contribution is 0.444. The Hall–Kier alpha value is -7.98. The summed E-state index contributed by atoms with van der Waals surface area (Å²) in [5.74, 6) is -3.01. The van der Waals surface area contributed by atoms with Gasteiger partial charge in [0.15, 0.2) is 23.3 Å². The average Bonchev–Trinajstić information content (AvgIpc) is 4.05. The molecule has 0 radical (unpaired) electrons. The van der Waals surface area contributed by atoms with Gasteiger partial charge in [-0.3, -0.25) is 4.68 Å². The van der Waals surface area contributed by atoms with E-state index in [-0.39, 0.29) is 12.1 Å². The van der Waals surface area contributed by atoms with E-state index in [2.05, 4.69) is 79.1 Å². The lowest BCUT2D eigenvalue weighted by atomic mass is 10.1. The lowest BCUT2D eigenvalue weighted by Gasteiger charge is -2.08. The van der Waals surface area contributed by atoms with Gasteiger partial charge in [0, 0.05) is 36.0 Å². The number of aromatic nitrogens is 9. The van der Waals surface area contributed by atoms with E-state index >= 15 is 0 Å². The second-order valence-electron chi connectivity index (χ2n) is 13.3. The van der Waals surface area contributed by atoms with E-state index in [0.717, 1.165) is 40.5 Å². The Labute approximate surface area is 330 Å². The van der Waals surface area contributed by atoms with E-state index in [1.807, 2.05) is 42.9 Å². The first-order valence-corrected chi connectivity index (χ1v) is 17.8. The lowest BCUT2D eigenvalue weighted by Crippen LogP contribution is -2.04. The van der Waals surface area contributed by atoms with Crippen molar-refractivity contribution in [3.8, 4) is 23.5 Å². The highest BCUT2D eigenvalue weighted by Crippen LogP contribution is 2.24. The van der Waals surface area contributed by atoms with Crippen LogP contribution >= 0.6 is 0 Å². The molecule has 58 heavy (non-hydrogen) atoms. The molecule has 0 unspecified atom stereocenters. The third-order valence-corrected chi connectivity index (χ3v) is 8.77. The molecule has 0 atom stereocenters. The first-order chi connectivity index (χ1) is 28.0. The van der Waals surface area contributed by atoms with Crippen molar-refractivity contribution in [3.05, 3.63) is 173 Å². The van der Waals surface area contributed by atoms with Crippen LogP contribution in [-0.2, 0) is 13.1 Å². The van der Waals surface area contributed by atoms with Crippen LogP contribution in [0.3, 0.4) is 0 Å². The van der Waals surface area contributed by atoms with Crippen molar-refractivity contribution in [2.75, 3.05) is 10.6 Å². The van der Waals surface area contributed by atoms with Gasteiger partial charge < -0.3 is 19.8 Å². The molecule has 13 nitrogen and oxygen atoms in total. The van der Waals surface area contributed by atoms with E-state index in [1.54, 1.807) is 64.8 Å². The maximum Gasteiger partial charge on any atom is 0.246 e. The van der Waals surface area contributed by atoms with Crippen LogP contribution in [0.1, 0.15) is 39.2 Å². The first-order valence-electron chi connectivity index (χ1n) is 17.8. The van der Waals surface area contributed by atoms with Gasteiger partial charge in [-0.25, -0.2) is 32.8 Å². The van der Waals surface area contributed by atoms with E-state index in [4.69, 9.17) is 0 Å². The minimum absolute atomic E-state index is 0.0676. The number of aryl methyl sites for hydroxylation is 3. The van der Waals surface area contributed by atoms with Crippen LogP contribution in [0, 0.1) is 60.9 Å². The normalized spacial score (nSPS) is 10.7. The van der Waals surface area contributed by atoms with Crippen molar-refractivity contribution in [1.82, 2.24) is 43.6 Å². The Morgan fingerprint density at radius 1 is 0.603 bits per heavy atom. The molecule has 288 valence electrons. The summed E-state index contributed by atoms with van der Waals surface area (Å²) in [4.78, 5) is 12.7. The van der Waals surface area contributed by atoms with Crippen LogP contribution in [0.4, 0.5) is 36.3 Å². The number of benzene rings is 4. The molecular formula is C42H34F3N13. The Morgan fingerprint density at radius 3 is 1.72 bits per heavy atom. The highest BCUT2D eigenvalue weighted by Gasteiger charge is 2.13. The molecule has 0 amide bonds. The summed E-state index contributed by atoms with van der Waals surface area (Å²) < 4.78 is 46.7. The first kappa shape index (κ1) is 38.3. The van der Waals surface area contributed by atoms with Crippen molar-refractivity contribution in [3.63, 3.8) is 0 Å². The monoisotopic (exact) mass is 777 g/mol. The van der Waals surface area contributed by atoms with Gasteiger partial charge >= 0.3 is 0 Å². The Kier molecular flexibility index (Phi) is 11.1. The quantitative estimate of drug-likeness (QED) is 0.131. The van der Waals surface area contributed by atoms with Gasteiger partial charge in [0.05, 0.1) is 59.6 Å². The zero-order valence-electron chi connectivity index (χ0n) is 31.4. The van der Waals surface area contributed by atoms with Crippen molar-refractivity contribution in [2.24, 2.45) is 0 Å². The van der Waals surface area contributed by atoms with E-state index in [1.165, 1.54) is 10.2 Å². The Bertz CT molecular complexity index is 2780. The third kappa shape index (κ3) is 9.10. The molecule has 8 aromatic rings. The van der Waals surface area contributed by atoms with Gasteiger partial charge in [-0.2, -0.15) is 15.6 Å². The summed E-state index contributed by atoms with van der Waals surface area (Å²) in [6.45, 7) is 6.56. The Morgan fingerprint density at radius 2 is 1.17 bits per heavy atom. The molecule has 8 rings (SSSR count). The predicted octanol–water partition coefficient (Wildman–Crippen LogP) is 8.20. The van der Waals surface area contributed by atoms with E-state index in [9.17, 15) is 23.7 Å². The van der Waals surface area contributed by atoms with Crippen LogP contribution in [0.5, 0.6) is 0 Å². The molecule has 2 N–H and O–H groups in total. The SMILES string of the molecule is Cc1ccc(Cn2cnc(Nc3ccc(-n4cnc(C)c4)c(C#N)c3)n2)cc1.Cc1cn(-c2ccc(Nc3ccn(Cc4cc(F)c(F)c(F)c4)n3)cc2C#N)cn1. The molecule has 4 aromatic heterocycles. The maximum absolute atomic E-state index is 13.4. The molecule has 0 aliphatic rings. The number of nitriles is 2. The smallest absolute Gasteiger partial charge is 0.246 e. The van der Waals surface area contributed by atoms with Crippen LogP contribution in [0.2, 0.25) is 0 Å². The maximum atomic E-state index is 13.4. The van der Waals surface area contributed by atoms with Crippen molar-refractivity contribution in [2.45, 2.75) is 33.9 Å². The third-order valence-electron chi connectivity index (χ3n) is 8.77. The van der Waals surface area contributed by atoms with Gasteiger partial charge in [-0.15, -0.1) is 5.10 Å². The van der Waals surface area contributed by atoms with Gasteiger partial charge in [0.2, 0.25) is 5.95 Å². The van der Waals surface area contributed by atoms with Crippen LogP contribution in [-0.4, -0.2) is 43.6 Å². The van der Waals surface area contributed by atoms with Gasteiger partial charge in [-0.1, -0.05) is 29.8 Å². The van der Waals surface area contributed by atoms with Gasteiger partial charge in [-0.05, 0) is 80.4 Å². The molecule has 0 aliphatic heterocycles. The molecular weight excluding hydrogens is 744 g/mol. The molecule has 16 heteroatoms. The molecule has 0 bridgehead atoms. The number of nitrogens with zero attached hydrogens (tertiary/aromatic N) is 11. The number of hydrogen-bond acceptors (Lipinski definition) is 9. The molecule has 4 heterocycles. The fourth-order valence-electron chi connectivity index (χ4n) is 5.95. The molecule has 0 spiro atoms. The van der Waals surface area contributed by atoms with Gasteiger partial charge in [0.25, 0.3) is 0 Å². The van der Waals surface area contributed by atoms with Gasteiger partial charge in [0.1, 0.15) is 18.5 Å². The summed E-state index contributed by atoms with van der Waals surface area (Å²) in [5.41, 5.74) is 8.26. The molecule has 4 aromatic carbocycles. The molecule has 0 saturated heterocycles. The van der Waals surface area contributed by atoms with E-state index < -0.39 is 17.5 Å². The standard InChI is InChI=1S/C21H15F3N6.C21H19N7/c1-13-10-29(12-26-13)19-3-2-16(8-15(19)9-25)27-20-4-5-30(28-20)11-14-6-17(22)21(24)18(23)7-14;1-15-3-5-17(6-4-15)12-28-14-24-21(26-28)25-19-7-8-20(18(9-19)10-22)27-11-16(2)23-13-27/h2-8,10,12H,11H2,1H3,(H,27,28);3-9,11,13-14H,12H2,1-2H3,(H,25,26). The fourth-order valence-corrected chi connectivity index (χ4v) is 5.95. The number of nitrogens with one attached hydrogen (secondary N) is 2. The highest BCUT2D eigenvalue weighted by atomic mass is 19.2. The molecule has 0 saturated carbocycles. The van der Waals surface area contributed by atoms with Crippen molar-refractivity contribution >= 4 is 23.1 Å². The highest BCUT2D eigenvalue weighted by molar-refractivity contribution is 5.64. The summed E-state index contributed by atoms with van der Waals surface area (Å²) in [7, 11) is 0. The summed E-state index contributed by atoms with van der Waals surface area (Å²) >= 11 is 0. The van der Waals surface area contributed by atoms with Crippen molar-refractivity contribution < 1.29 is 13.2 Å². The predicted molar refractivity (Wildman–Crippen MR) is 211 cm³/mol. The number of anilines is 4. The topological polar surface area (TPSA) is 156 Å². The van der Waals surface area contributed by atoms with Crippen LogP contribution < -0.4 is 10.6 Å². The number of hydrogen-bond donors (Lipinski definition) is 2.